The molecule has 1 aromatic carbocycles. The van der Waals surface area contributed by atoms with Gasteiger partial charge < -0.3 is 20.3 Å². The van der Waals surface area contributed by atoms with Gasteiger partial charge in [0.25, 0.3) is 5.91 Å². The molecule has 0 unspecified atom stereocenters. The van der Waals surface area contributed by atoms with Crippen LogP contribution in [-0.2, 0) is 28.8 Å². The number of ketones is 4. The lowest BCUT2D eigenvalue weighted by Crippen LogP contribution is -2.51. The number of aromatic nitrogens is 2. The standard InChI is InChI=1S/C44H59N5O8/c1-6-11-30(41(54)39(53)20-28-16-17-28)21-37(51)36-23-33(57-32-15-10-14-31(22-32)47-27(2)50)26-49(36)43(56)34(44(3,4)5)24-38(52)40(29-12-8-7-9-13-29)48-42(55)35-25-45-18-19-46-35/h10,14-15,18-19,22,25,28-30,33-34,36,40H,6-9,11-13,16-17,20-21,23-24,26H2,1-5H3,(H,47,50)(H,48,55)/t30-,33-,34-,36+,40+/m1/s1. The van der Waals surface area contributed by atoms with E-state index in [1.54, 1.807) is 24.3 Å². The van der Waals surface area contributed by atoms with Crippen LogP contribution in [0.4, 0.5) is 5.69 Å². The lowest BCUT2D eigenvalue weighted by atomic mass is 9.74. The summed E-state index contributed by atoms with van der Waals surface area (Å²) in [5.74, 6) is -3.78. The highest BCUT2D eigenvalue weighted by molar-refractivity contribution is 6.38. The van der Waals surface area contributed by atoms with E-state index >= 15 is 0 Å². The smallest absolute Gasteiger partial charge is 0.272 e. The van der Waals surface area contributed by atoms with Crippen molar-refractivity contribution in [2.45, 2.75) is 136 Å². The predicted octanol–water partition coefficient (Wildman–Crippen LogP) is 6.10. The van der Waals surface area contributed by atoms with Gasteiger partial charge >= 0.3 is 0 Å². The first-order valence-electron chi connectivity index (χ1n) is 20.7. The third kappa shape index (κ3) is 12.1. The summed E-state index contributed by atoms with van der Waals surface area (Å²) in [4.78, 5) is 105. The SMILES string of the molecule is CCC[C@H](CC(=O)[C@@H]1C[C@@H](Oc2cccc(NC(C)=O)c2)CN1C(=O)[C@@H](CC(=O)[C@@H](NC(=O)c1cnccn1)C1CCCCC1)C(C)(C)C)C(=O)C(=O)CC1CC1. The Bertz CT molecular complexity index is 1780. The van der Waals surface area contributed by atoms with Crippen molar-refractivity contribution >= 4 is 46.5 Å². The van der Waals surface area contributed by atoms with E-state index in [0.29, 0.717) is 24.3 Å². The molecule has 3 amide bonds. The van der Waals surface area contributed by atoms with E-state index in [-0.39, 0.29) is 67.2 Å². The maximum absolute atomic E-state index is 14.9. The van der Waals surface area contributed by atoms with Gasteiger partial charge in [-0.25, -0.2) is 4.98 Å². The number of carbonyl (C=O) groups is 7. The second-order valence-corrected chi connectivity index (χ2v) is 17.3. The molecule has 13 heteroatoms. The fourth-order valence-electron chi connectivity index (χ4n) is 8.29. The Labute approximate surface area is 335 Å². The summed E-state index contributed by atoms with van der Waals surface area (Å²) < 4.78 is 6.35. The van der Waals surface area contributed by atoms with Crippen molar-refractivity contribution in [3.63, 3.8) is 0 Å². The van der Waals surface area contributed by atoms with Crippen molar-refractivity contribution in [2.75, 3.05) is 11.9 Å². The van der Waals surface area contributed by atoms with Crippen molar-refractivity contribution in [3.05, 3.63) is 48.5 Å². The second-order valence-electron chi connectivity index (χ2n) is 17.3. The van der Waals surface area contributed by atoms with Gasteiger partial charge in [-0.1, -0.05) is 59.4 Å². The maximum atomic E-state index is 14.9. The number of amides is 3. The second kappa shape index (κ2) is 19.6. The van der Waals surface area contributed by atoms with Crippen LogP contribution in [0.5, 0.6) is 5.75 Å². The zero-order chi connectivity index (χ0) is 41.3. The molecule has 308 valence electrons. The Morgan fingerprint density at radius 1 is 0.965 bits per heavy atom. The number of hydrogen-bond acceptors (Lipinski definition) is 10. The van der Waals surface area contributed by atoms with Gasteiger partial charge in [0.15, 0.2) is 17.3 Å². The molecule has 2 saturated carbocycles. The minimum atomic E-state index is -0.961. The molecule has 3 aliphatic rings. The molecular weight excluding hydrogens is 727 g/mol. The number of likely N-dealkylation sites (tertiary alicyclic amines) is 1. The van der Waals surface area contributed by atoms with Gasteiger partial charge in [-0.3, -0.25) is 38.5 Å². The van der Waals surface area contributed by atoms with Gasteiger partial charge in [0, 0.05) is 68.6 Å². The molecule has 13 nitrogen and oxygen atoms in total. The van der Waals surface area contributed by atoms with E-state index in [2.05, 4.69) is 20.6 Å². The number of hydrogen-bond donors (Lipinski definition) is 2. The maximum Gasteiger partial charge on any atom is 0.272 e. The quantitative estimate of drug-likeness (QED) is 0.158. The highest BCUT2D eigenvalue weighted by Crippen LogP contribution is 2.37. The Balaban J connectivity index is 1.41. The third-order valence-corrected chi connectivity index (χ3v) is 11.6. The van der Waals surface area contributed by atoms with Crippen LogP contribution in [0.3, 0.4) is 0 Å². The summed E-state index contributed by atoms with van der Waals surface area (Å²) in [6, 6.07) is 5.05. The number of rotatable bonds is 19. The molecule has 3 fully saturated rings. The topological polar surface area (TPSA) is 182 Å². The summed E-state index contributed by atoms with van der Waals surface area (Å²) in [5, 5.41) is 5.67. The zero-order valence-electron chi connectivity index (χ0n) is 34.1. The number of anilines is 1. The number of nitrogens with zero attached hydrogens (tertiary/aromatic N) is 3. The zero-order valence-corrected chi connectivity index (χ0v) is 34.1. The van der Waals surface area contributed by atoms with Gasteiger partial charge in [-0.05, 0) is 61.5 Å². The van der Waals surface area contributed by atoms with Crippen molar-refractivity contribution in [2.24, 2.45) is 29.1 Å². The minimum Gasteiger partial charge on any atom is -0.488 e. The molecule has 2 aromatic rings. The van der Waals surface area contributed by atoms with E-state index in [1.807, 2.05) is 27.7 Å². The third-order valence-electron chi connectivity index (χ3n) is 11.6. The molecule has 1 aliphatic heterocycles. The van der Waals surface area contributed by atoms with E-state index in [4.69, 9.17) is 4.74 Å². The highest BCUT2D eigenvalue weighted by Gasteiger charge is 2.47. The largest absolute Gasteiger partial charge is 0.488 e. The first-order chi connectivity index (χ1) is 27.1. The lowest BCUT2D eigenvalue weighted by molar-refractivity contribution is -0.147. The summed E-state index contributed by atoms with van der Waals surface area (Å²) in [5.41, 5.74) is -0.107. The minimum absolute atomic E-state index is 0.0445. The van der Waals surface area contributed by atoms with Crippen LogP contribution < -0.4 is 15.4 Å². The van der Waals surface area contributed by atoms with Gasteiger partial charge in [0.05, 0.1) is 24.8 Å². The summed E-state index contributed by atoms with van der Waals surface area (Å²) >= 11 is 0. The fourth-order valence-corrected chi connectivity index (χ4v) is 8.29. The number of benzene rings is 1. The lowest BCUT2D eigenvalue weighted by Gasteiger charge is -2.36. The summed E-state index contributed by atoms with van der Waals surface area (Å²) in [6.45, 7) is 9.00. The predicted molar refractivity (Wildman–Crippen MR) is 213 cm³/mol. The molecule has 1 saturated heterocycles. The van der Waals surface area contributed by atoms with Crippen LogP contribution in [0.1, 0.15) is 129 Å². The van der Waals surface area contributed by atoms with Gasteiger partial charge in [-0.15, -0.1) is 0 Å². The average Bonchev–Trinajstić information content (AvgIpc) is 3.90. The van der Waals surface area contributed by atoms with Gasteiger partial charge in [0.2, 0.25) is 17.6 Å². The molecule has 2 aliphatic carbocycles. The Morgan fingerprint density at radius 3 is 2.33 bits per heavy atom. The van der Waals surface area contributed by atoms with Crippen molar-refractivity contribution in [1.29, 1.82) is 0 Å². The van der Waals surface area contributed by atoms with Crippen LogP contribution in [-0.4, -0.2) is 80.5 Å². The van der Waals surface area contributed by atoms with E-state index in [9.17, 15) is 33.6 Å². The van der Waals surface area contributed by atoms with Crippen LogP contribution in [0.15, 0.2) is 42.9 Å². The number of ether oxygens (including phenoxy) is 1. The molecule has 2 heterocycles. The van der Waals surface area contributed by atoms with Gasteiger partial charge in [0.1, 0.15) is 17.5 Å². The van der Waals surface area contributed by atoms with Crippen LogP contribution >= 0.6 is 0 Å². The van der Waals surface area contributed by atoms with Gasteiger partial charge in [-0.2, -0.15) is 0 Å². The Morgan fingerprint density at radius 2 is 1.70 bits per heavy atom. The average molecular weight is 786 g/mol. The molecule has 57 heavy (non-hydrogen) atoms. The molecule has 0 bridgehead atoms. The molecule has 0 radical (unpaired) electrons. The molecule has 5 rings (SSSR count). The first-order valence-corrected chi connectivity index (χ1v) is 20.7. The molecular formula is C44H59N5O8. The monoisotopic (exact) mass is 785 g/mol. The van der Waals surface area contributed by atoms with E-state index < -0.39 is 58.8 Å². The Kier molecular flexibility index (Phi) is 14.9. The summed E-state index contributed by atoms with van der Waals surface area (Å²) in [7, 11) is 0. The van der Waals surface area contributed by atoms with E-state index in [0.717, 1.165) is 44.9 Å². The Hall–Kier alpha value is -4.81. The van der Waals surface area contributed by atoms with Crippen LogP contribution in [0.2, 0.25) is 0 Å². The van der Waals surface area contributed by atoms with Crippen LogP contribution in [0.25, 0.3) is 0 Å². The summed E-state index contributed by atoms with van der Waals surface area (Å²) in [6.07, 6.45) is 10.9. The van der Waals surface area contributed by atoms with Crippen LogP contribution in [0, 0.1) is 29.1 Å². The van der Waals surface area contributed by atoms with Crippen molar-refractivity contribution in [1.82, 2.24) is 20.2 Å². The fraction of sp³-hybridized carbons (Fsp3) is 0.614. The molecule has 1 aromatic heterocycles. The molecule has 0 spiro atoms. The highest BCUT2D eigenvalue weighted by atomic mass is 16.5. The number of carbonyl (C=O) groups excluding carboxylic acids is 7. The normalized spacial score (nSPS) is 20.2. The van der Waals surface area contributed by atoms with E-state index in [1.165, 1.54) is 30.4 Å². The number of Topliss-reactive ketones (excluding diaryl/α,β-unsaturated/α-hetero) is 4. The van der Waals surface area contributed by atoms with Crippen molar-refractivity contribution < 1.29 is 38.3 Å². The first kappa shape index (κ1) is 43.3. The molecule has 5 atom stereocenters. The number of nitrogens with one attached hydrogen (secondary N) is 2. The molecule has 2 N–H and O–H groups in total. The van der Waals surface area contributed by atoms with Crippen molar-refractivity contribution in [3.8, 4) is 5.75 Å².